The molecule has 2 N–H and O–H groups in total. The molecule has 122 valence electrons. The molecule has 0 aliphatic carbocycles. The number of hydrogen-bond acceptors (Lipinski definition) is 6. The van der Waals surface area contributed by atoms with Gasteiger partial charge in [0.2, 0.25) is 5.76 Å². The Morgan fingerprint density at radius 3 is 2.83 bits per heavy atom. The van der Waals surface area contributed by atoms with E-state index in [4.69, 9.17) is 14.4 Å². The second-order valence-corrected chi connectivity index (χ2v) is 6.09. The van der Waals surface area contributed by atoms with Crippen LogP contribution >= 0.6 is 0 Å². The Bertz CT molecular complexity index is 793. The fourth-order valence-corrected chi connectivity index (χ4v) is 3.37. The number of carbonyl (C=O) groups excluding carboxylic acids is 1. The van der Waals surface area contributed by atoms with Crippen LogP contribution in [0.3, 0.4) is 0 Å². The van der Waals surface area contributed by atoms with Crippen molar-refractivity contribution in [1.29, 1.82) is 5.26 Å². The van der Waals surface area contributed by atoms with Crippen LogP contribution < -0.4 is 15.4 Å². The van der Waals surface area contributed by atoms with Gasteiger partial charge in [0.25, 0.3) is 5.91 Å². The van der Waals surface area contributed by atoms with Crippen LogP contribution in [0.5, 0.6) is 11.8 Å². The summed E-state index contributed by atoms with van der Waals surface area (Å²) in [6, 6.07) is 9.73. The first-order valence-electron chi connectivity index (χ1n) is 7.92. The van der Waals surface area contributed by atoms with E-state index in [2.05, 4.69) is 15.6 Å². The van der Waals surface area contributed by atoms with Crippen molar-refractivity contribution in [2.45, 2.75) is 37.4 Å². The average Bonchev–Trinajstić information content (AvgIpc) is 3.32. The molecule has 0 spiro atoms. The number of amides is 1. The van der Waals surface area contributed by atoms with Gasteiger partial charge in [0.15, 0.2) is 0 Å². The van der Waals surface area contributed by atoms with E-state index in [0.717, 1.165) is 12.8 Å². The zero-order valence-electron chi connectivity index (χ0n) is 12.9. The van der Waals surface area contributed by atoms with Crippen LogP contribution in [-0.4, -0.2) is 29.0 Å². The van der Waals surface area contributed by atoms with Gasteiger partial charge in [-0.1, -0.05) is 0 Å². The molecule has 2 bridgehead atoms. The van der Waals surface area contributed by atoms with E-state index in [0.29, 0.717) is 23.4 Å². The molecule has 3 atom stereocenters. The van der Waals surface area contributed by atoms with Gasteiger partial charge in [0.1, 0.15) is 11.8 Å². The van der Waals surface area contributed by atoms with Crippen molar-refractivity contribution in [3.05, 3.63) is 41.8 Å². The molecule has 7 nitrogen and oxygen atoms in total. The topological polar surface area (TPSA) is 100 Å². The van der Waals surface area contributed by atoms with Crippen LogP contribution in [0.1, 0.15) is 35.4 Å². The Labute approximate surface area is 138 Å². The fraction of sp³-hybridized carbons (Fsp3) is 0.353. The lowest BCUT2D eigenvalue weighted by Gasteiger charge is -2.21. The van der Waals surface area contributed by atoms with Crippen molar-refractivity contribution in [1.82, 2.24) is 15.6 Å². The minimum Gasteiger partial charge on any atom is -0.411 e. The van der Waals surface area contributed by atoms with Gasteiger partial charge in [0.05, 0.1) is 6.20 Å². The Hall–Kier alpha value is -2.85. The number of carbonyl (C=O) groups is 1. The zero-order valence-corrected chi connectivity index (χ0v) is 12.9. The summed E-state index contributed by atoms with van der Waals surface area (Å²) < 4.78 is 10.4. The Morgan fingerprint density at radius 1 is 1.38 bits per heavy atom. The summed E-state index contributed by atoms with van der Waals surface area (Å²) in [4.78, 5) is 16.2. The highest BCUT2D eigenvalue weighted by atomic mass is 16.6. The van der Waals surface area contributed by atoms with E-state index in [-0.39, 0.29) is 23.8 Å². The van der Waals surface area contributed by atoms with Gasteiger partial charge in [-0.25, -0.2) is 0 Å². The number of aromatic nitrogens is 1. The summed E-state index contributed by atoms with van der Waals surface area (Å²) in [5.41, 5.74) is 0.579. The third kappa shape index (κ3) is 2.84. The molecule has 4 rings (SSSR count). The second-order valence-electron chi connectivity index (χ2n) is 6.09. The van der Waals surface area contributed by atoms with Crippen LogP contribution in [0.15, 0.2) is 34.9 Å². The lowest BCUT2D eigenvalue weighted by atomic mass is 9.95. The molecule has 0 saturated carbocycles. The van der Waals surface area contributed by atoms with E-state index in [1.807, 2.05) is 6.07 Å². The minimum absolute atomic E-state index is 0.00296. The molecule has 1 amide bonds. The van der Waals surface area contributed by atoms with E-state index in [1.165, 1.54) is 12.6 Å². The first-order chi connectivity index (χ1) is 11.7. The molecule has 1 aromatic carbocycles. The van der Waals surface area contributed by atoms with E-state index < -0.39 is 0 Å². The quantitative estimate of drug-likeness (QED) is 0.892. The molecule has 2 aliphatic rings. The molecule has 2 fully saturated rings. The molecule has 24 heavy (non-hydrogen) atoms. The van der Waals surface area contributed by atoms with E-state index in [9.17, 15) is 4.79 Å². The van der Waals surface area contributed by atoms with Crippen molar-refractivity contribution in [2.75, 3.05) is 0 Å². The molecule has 7 heteroatoms. The molecule has 2 aliphatic heterocycles. The second kappa shape index (κ2) is 5.98. The summed E-state index contributed by atoms with van der Waals surface area (Å²) in [5, 5.41) is 15.3. The molecular weight excluding hydrogens is 308 g/mol. The van der Waals surface area contributed by atoms with Gasteiger partial charge in [-0.3, -0.25) is 4.79 Å². The van der Waals surface area contributed by atoms with Crippen LogP contribution in [0.25, 0.3) is 0 Å². The number of hydrogen-bond donors (Lipinski definition) is 2. The highest BCUT2D eigenvalue weighted by Crippen LogP contribution is 2.28. The number of nitrogens with zero attached hydrogens (tertiary/aromatic N) is 2. The third-order valence-electron chi connectivity index (χ3n) is 4.53. The fourth-order valence-electron chi connectivity index (χ4n) is 3.37. The number of ether oxygens (including phenoxy) is 1. The first kappa shape index (κ1) is 14.7. The molecule has 2 saturated heterocycles. The van der Waals surface area contributed by atoms with Gasteiger partial charge < -0.3 is 19.8 Å². The highest BCUT2D eigenvalue weighted by Gasteiger charge is 2.39. The van der Waals surface area contributed by atoms with Gasteiger partial charge in [-0.05, 0) is 43.5 Å². The van der Waals surface area contributed by atoms with Crippen LogP contribution in [0, 0.1) is 11.3 Å². The summed E-state index contributed by atoms with van der Waals surface area (Å²) in [6.45, 7) is 0. The predicted molar refractivity (Wildman–Crippen MR) is 83.6 cm³/mol. The summed E-state index contributed by atoms with van der Waals surface area (Å²) >= 11 is 0. The molecule has 0 unspecified atom stereocenters. The maximum absolute atomic E-state index is 12.3. The van der Waals surface area contributed by atoms with Crippen molar-refractivity contribution in [3.63, 3.8) is 0 Å². The molecule has 0 radical (unpaired) electrons. The number of oxazole rings is 1. The van der Waals surface area contributed by atoms with Crippen LogP contribution in [-0.2, 0) is 0 Å². The number of nitrogens with one attached hydrogen (secondary N) is 2. The maximum Gasteiger partial charge on any atom is 0.400 e. The highest BCUT2D eigenvalue weighted by molar-refractivity contribution is 5.94. The lowest BCUT2D eigenvalue weighted by Crippen LogP contribution is -2.42. The largest absolute Gasteiger partial charge is 0.411 e. The summed E-state index contributed by atoms with van der Waals surface area (Å²) in [6.07, 6.45) is 4.63. The van der Waals surface area contributed by atoms with Gasteiger partial charge >= 0.3 is 6.08 Å². The monoisotopic (exact) mass is 324 g/mol. The number of rotatable bonds is 4. The SMILES string of the molecule is N#Cc1cnc(Oc2ccc(C(=O)N[C@@H]3C[C@H]4CC[C@@H]3N4)cc2)o1. The molecule has 1 aromatic heterocycles. The molecule has 2 aromatic rings. The first-order valence-corrected chi connectivity index (χ1v) is 7.92. The summed E-state index contributed by atoms with van der Waals surface area (Å²) in [5.74, 6) is 0.490. The summed E-state index contributed by atoms with van der Waals surface area (Å²) in [7, 11) is 0. The normalized spacial score (nSPS) is 24.5. The lowest BCUT2D eigenvalue weighted by molar-refractivity contribution is 0.0931. The smallest absolute Gasteiger partial charge is 0.400 e. The Morgan fingerprint density at radius 2 is 2.21 bits per heavy atom. The predicted octanol–water partition coefficient (Wildman–Crippen LogP) is 1.96. The molecular formula is C17H16N4O3. The van der Waals surface area contributed by atoms with Gasteiger partial charge in [-0.2, -0.15) is 10.2 Å². The van der Waals surface area contributed by atoms with Crippen molar-refractivity contribution >= 4 is 5.91 Å². The van der Waals surface area contributed by atoms with Crippen molar-refractivity contribution < 1.29 is 13.9 Å². The van der Waals surface area contributed by atoms with Crippen molar-refractivity contribution in [2.24, 2.45) is 0 Å². The van der Waals surface area contributed by atoms with Crippen molar-refractivity contribution in [3.8, 4) is 17.9 Å². The standard InChI is InChI=1S/C17H16N4O3/c18-8-13-9-19-17(24-13)23-12-4-1-10(2-5-12)16(22)21-15-7-11-3-6-14(15)20-11/h1-2,4-5,9,11,14-15,20H,3,6-7H2,(H,21,22)/t11-,14+,15-/m1/s1. The molecule has 3 heterocycles. The minimum atomic E-state index is -0.0798. The van der Waals surface area contributed by atoms with Crippen LogP contribution in [0.2, 0.25) is 0 Å². The van der Waals surface area contributed by atoms with Gasteiger partial charge in [0, 0.05) is 23.7 Å². The number of fused-ring (bicyclic) bond motifs is 2. The Balaban J connectivity index is 1.38. The average molecular weight is 324 g/mol. The van der Waals surface area contributed by atoms with Crippen LogP contribution in [0.4, 0.5) is 0 Å². The zero-order chi connectivity index (χ0) is 16.5. The Kier molecular flexibility index (Phi) is 3.67. The number of benzene rings is 1. The number of nitriles is 1. The van der Waals surface area contributed by atoms with E-state index >= 15 is 0 Å². The maximum atomic E-state index is 12.3. The van der Waals surface area contributed by atoms with Gasteiger partial charge in [-0.15, -0.1) is 0 Å². The van der Waals surface area contributed by atoms with E-state index in [1.54, 1.807) is 24.3 Å². The third-order valence-corrected chi connectivity index (χ3v) is 4.53.